The van der Waals surface area contributed by atoms with E-state index in [4.69, 9.17) is 5.73 Å². The molecule has 32 heavy (non-hydrogen) atoms. The number of amides is 2. The van der Waals surface area contributed by atoms with E-state index in [-0.39, 0.29) is 16.7 Å². The zero-order valence-electron chi connectivity index (χ0n) is 16.7. The van der Waals surface area contributed by atoms with Gasteiger partial charge in [-0.25, -0.2) is 9.78 Å². The minimum Gasteiger partial charge on any atom is -0.477 e. The molecule has 2 amide bonds. The first-order chi connectivity index (χ1) is 15.2. The highest BCUT2D eigenvalue weighted by molar-refractivity contribution is 8.04. The van der Waals surface area contributed by atoms with Gasteiger partial charge in [0.25, 0.3) is 11.8 Å². The summed E-state index contributed by atoms with van der Waals surface area (Å²) in [4.78, 5) is 48.3. The molecule has 0 bridgehead atoms. The molecule has 168 valence electrons. The van der Waals surface area contributed by atoms with Gasteiger partial charge >= 0.3 is 5.97 Å². The van der Waals surface area contributed by atoms with Crippen molar-refractivity contribution in [1.29, 1.82) is 0 Å². The average molecular weight is 496 g/mol. The number of hydrogen-bond donors (Lipinski definition) is 4. The Balaban J connectivity index is 1.53. The van der Waals surface area contributed by atoms with E-state index in [1.54, 1.807) is 0 Å². The minimum atomic E-state index is -1.22. The summed E-state index contributed by atoms with van der Waals surface area (Å²) in [5, 5.41) is 24.5. The number of thiazole rings is 1. The zero-order valence-corrected chi connectivity index (χ0v) is 19.2. The molecule has 2 aliphatic heterocycles. The van der Waals surface area contributed by atoms with Gasteiger partial charge in [0, 0.05) is 21.3 Å². The number of β-lactam (4-membered cyclic amide) rings is 1. The number of nitrogen functional groups attached to an aromatic ring is 1. The first-order valence-corrected chi connectivity index (χ1v) is 11.7. The van der Waals surface area contributed by atoms with Crippen LogP contribution in [0.25, 0.3) is 0 Å². The van der Waals surface area contributed by atoms with Crippen LogP contribution in [0.4, 0.5) is 5.13 Å². The quantitative estimate of drug-likeness (QED) is 0.195. The van der Waals surface area contributed by atoms with Gasteiger partial charge in [-0.2, -0.15) is 9.36 Å². The van der Waals surface area contributed by atoms with Crippen LogP contribution < -0.4 is 11.1 Å². The predicted molar refractivity (Wildman–Crippen MR) is 117 cm³/mol. The van der Waals surface area contributed by atoms with Gasteiger partial charge in [-0.15, -0.1) is 11.3 Å². The van der Waals surface area contributed by atoms with Crippen LogP contribution >= 0.6 is 34.6 Å². The summed E-state index contributed by atoms with van der Waals surface area (Å²) in [7, 11) is 0. The first-order valence-electron chi connectivity index (χ1n) is 9.25. The van der Waals surface area contributed by atoms with Crippen molar-refractivity contribution in [2.75, 3.05) is 5.73 Å². The van der Waals surface area contributed by atoms with E-state index in [1.807, 2.05) is 13.8 Å². The number of hydrogen-bond acceptors (Lipinski definition) is 12. The summed E-state index contributed by atoms with van der Waals surface area (Å²) in [5.41, 5.74) is 5.78. The molecule has 0 unspecified atom stereocenters. The van der Waals surface area contributed by atoms with Gasteiger partial charge in [-0.05, 0) is 26.7 Å². The monoisotopic (exact) mass is 495 g/mol. The molecule has 2 aromatic heterocycles. The number of aryl methyl sites for hydroxylation is 2. The van der Waals surface area contributed by atoms with Crippen LogP contribution in [0.1, 0.15) is 29.2 Å². The highest BCUT2D eigenvalue weighted by Crippen LogP contribution is 2.44. The molecule has 5 N–H and O–H groups in total. The zero-order chi connectivity index (χ0) is 23.2. The standard InChI is InChI=1S/C17H17N7O5S3/c1-5-6(2)30-17(19-5)31-8-4-3-7-9(14(26)24(7)11(8)15(27)28)20-13(25)10(22-29)12-21-16(18)32-23-12/h7,9,29H,3-4H2,1-2H3,(H,20,25)(H,27,28)(H2,18,21,23)/b22-10-/t7-,9+/m1/s1. The molecular weight excluding hydrogens is 478 g/mol. The molecule has 2 aliphatic rings. The Morgan fingerprint density at radius 3 is 2.66 bits per heavy atom. The van der Waals surface area contributed by atoms with Crippen LogP contribution in [0.15, 0.2) is 20.1 Å². The fourth-order valence-corrected chi connectivity index (χ4v) is 6.26. The molecule has 1 fully saturated rings. The predicted octanol–water partition coefficient (Wildman–Crippen LogP) is 0.950. The second kappa shape index (κ2) is 8.48. The van der Waals surface area contributed by atoms with E-state index in [0.29, 0.717) is 22.1 Å². The molecule has 15 heteroatoms. The SMILES string of the molecule is Cc1nc(SC2=C(C(=O)O)N3C(=O)[C@@H](NC(=O)/C(=N\O)c4nsc(N)n4)[C@H]3CC2)sc1C. The largest absolute Gasteiger partial charge is 0.477 e. The maximum Gasteiger partial charge on any atom is 0.353 e. The van der Waals surface area contributed by atoms with E-state index in [1.165, 1.54) is 28.0 Å². The number of rotatable bonds is 6. The molecule has 0 spiro atoms. The number of aliphatic carboxylic acids is 1. The Kier molecular flexibility index (Phi) is 5.87. The fourth-order valence-electron chi connectivity index (χ4n) is 3.45. The lowest BCUT2D eigenvalue weighted by molar-refractivity contribution is -0.155. The molecule has 0 aromatic carbocycles. The molecule has 0 aliphatic carbocycles. The third kappa shape index (κ3) is 3.82. The normalized spacial score (nSPS) is 20.8. The molecule has 12 nitrogen and oxygen atoms in total. The van der Waals surface area contributed by atoms with Gasteiger partial charge in [0.15, 0.2) is 9.47 Å². The van der Waals surface area contributed by atoms with Crippen LogP contribution in [0, 0.1) is 13.8 Å². The second-order valence-electron chi connectivity index (χ2n) is 6.97. The van der Waals surface area contributed by atoms with Crippen LogP contribution in [0.2, 0.25) is 0 Å². The minimum absolute atomic E-state index is 0.0824. The molecular formula is C17H17N7O5S3. The van der Waals surface area contributed by atoms with Gasteiger partial charge in [0.2, 0.25) is 11.5 Å². The second-order valence-corrected chi connectivity index (χ2v) is 10.3. The number of allylic oxidation sites excluding steroid dienone is 1. The van der Waals surface area contributed by atoms with Crippen molar-refractivity contribution in [3.05, 3.63) is 27.0 Å². The molecule has 2 atom stereocenters. The maximum atomic E-state index is 12.8. The molecule has 4 heterocycles. The van der Waals surface area contributed by atoms with Gasteiger partial charge in [-0.3, -0.25) is 14.5 Å². The summed E-state index contributed by atoms with van der Waals surface area (Å²) in [6.45, 7) is 3.82. The summed E-state index contributed by atoms with van der Waals surface area (Å²) >= 11 is 3.53. The van der Waals surface area contributed by atoms with Crippen LogP contribution in [-0.4, -0.2) is 65.1 Å². The Hall–Kier alpha value is -3.04. The number of oxime groups is 1. The fraction of sp³-hybridized carbons (Fsp3) is 0.353. The number of aromatic nitrogens is 3. The Bertz CT molecular complexity index is 1170. The van der Waals surface area contributed by atoms with E-state index >= 15 is 0 Å². The number of carboxylic acids is 1. The van der Waals surface area contributed by atoms with Crippen LogP contribution in [0.5, 0.6) is 0 Å². The Labute approximate surface area is 193 Å². The van der Waals surface area contributed by atoms with Gasteiger partial charge in [0.05, 0.1) is 11.7 Å². The lowest BCUT2D eigenvalue weighted by Crippen LogP contribution is -2.72. The van der Waals surface area contributed by atoms with Crippen molar-refractivity contribution in [1.82, 2.24) is 24.6 Å². The lowest BCUT2D eigenvalue weighted by Gasteiger charge is -2.49. The average Bonchev–Trinajstić information content (AvgIpc) is 3.30. The van der Waals surface area contributed by atoms with Gasteiger partial charge in [0.1, 0.15) is 11.7 Å². The number of carbonyl (C=O) groups excluding carboxylic acids is 2. The summed E-state index contributed by atoms with van der Waals surface area (Å²) in [6, 6.07) is -1.49. The topological polar surface area (TPSA) is 184 Å². The molecule has 0 saturated carbocycles. The number of anilines is 1. The van der Waals surface area contributed by atoms with Gasteiger partial charge in [-0.1, -0.05) is 16.9 Å². The summed E-state index contributed by atoms with van der Waals surface area (Å²) in [6.07, 6.45) is 0.864. The molecule has 2 aromatic rings. The van der Waals surface area contributed by atoms with Gasteiger partial charge < -0.3 is 21.4 Å². The smallest absolute Gasteiger partial charge is 0.353 e. The molecule has 1 saturated heterocycles. The van der Waals surface area contributed by atoms with Crippen LogP contribution in [-0.2, 0) is 14.4 Å². The Morgan fingerprint density at radius 1 is 1.34 bits per heavy atom. The third-order valence-corrected chi connectivity index (χ3v) is 7.89. The van der Waals surface area contributed by atoms with Crippen LogP contribution in [0.3, 0.4) is 0 Å². The van der Waals surface area contributed by atoms with Crippen molar-refractivity contribution < 1.29 is 24.7 Å². The number of nitrogens with two attached hydrogens (primary N) is 1. The number of thioether (sulfide) groups is 1. The number of carbonyl (C=O) groups is 3. The molecule has 4 rings (SSSR count). The maximum absolute atomic E-state index is 12.8. The van der Waals surface area contributed by atoms with E-state index < -0.39 is 35.6 Å². The Morgan fingerprint density at radius 2 is 2.09 bits per heavy atom. The number of carboxylic acid groups (broad SMARTS) is 1. The molecule has 0 radical (unpaired) electrons. The van der Waals surface area contributed by atoms with E-state index in [0.717, 1.165) is 22.1 Å². The highest BCUT2D eigenvalue weighted by Gasteiger charge is 2.54. The van der Waals surface area contributed by atoms with Crippen molar-refractivity contribution >= 4 is 63.3 Å². The van der Waals surface area contributed by atoms with E-state index in [2.05, 4.69) is 24.8 Å². The van der Waals surface area contributed by atoms with Crippen molar-refractivity contribution in [3.8, 4) is 0 Å². The van der Waals surface area contributed by atoms with Crippen molar-refractivity contribution in [2.45, 2.75) is 43.1 Å². The highest BCUT2D eigenvalue weighted by atomic mass is 32.2. The summed E-state index contributed by atoms with van der Waals surface area (Å²) < 4.78 is 4.53. The number of fused-ring (bicyclic) bond motifs is 1. The van der Waals surface area contributed by atoms with Crippen molar-refractivity contribution in [2.24, 2.45) is 5.16 Å². The van der Waals surface area contributed by atoms with Crippen molar-refractivity contribution in [3.63, 3.8) is 0 Å². The number of nitrogens with zero attached hydrogens (tertiary/aromatic N) is 5. The lowest BCUT2D eigenvalue weighted by atomic mass is 9.86. The van der Waals surface area contributed by atoms with E-state index in [9.17, 15) is 24.7 Å². The number of nitrogens with one attached hydrogen (secondary N) is 1. The third-order valence-electron chi connectivity index (χ3n) is 5.07. The summed E-state index contributed by atoms with van der Waals surface area (Å²) in [5.74, 6) is -2.81. The first kappa shape index (κ1) is 22.2.